The second-order valence-corrected chi connectivity index (χ2v) is 5.27. The molecule has 0 radical (unpaired) electrons. The number of nitrogens with zero attached hydrogens (tertiary/aromatic N) is 4. The summed E-state index contributed by atoms with van der Waals surface area (Å²) in [6, 6.07) is 5.34. The van der Waals surface area contributed by atoms with Gasteiger partial charge >= 0.3 is 0 Å². The summed E-state index contributed by atoms with van der Waals surface area (Å²) in [5, 5.41) is 14.4. The molecule has 3 rings (SSSR count). The van der Waals surface area contributed by atoms with Crippen molar-refractivity contribution < 1.29 is 0 Å². The minimum absolute atomic E-state index is 0.583. The zero-order chi connectivity index (χ0) is 12.0. The van der Waals surface area contributed by atoms with E-state index in [0.717, 1.165) is 21.4 Å². The van der Waals surface area contributed by atoms with Crippen LogP contribution in [-0.4, -0.2) is 19.8 Å². The third-order valence-corrected chi connectivity index (χ3v) is 3.79. The number of fused-ring (bicyclic) bond motifs is 1. The van der Waals surface area contributed by atoms with Crippen LogP contribution in [0.5, 0.6) is 0 Å². The van der Waals surface area contributed by atoms with Gasteiger partial charge in [-0.25, -0.2) is 0 Å². The Morgan fingerprint density at radius 2 is 2.06 bits per heavy atom. The molecule has 0 saturated heterocycles. The molecule has 0 aliphatic carbocycles. The van der Waals surface area contributed by atoms with E-state index in [1.165, 1.54) is 11.3 Å². The smallest absolute Gasteiger partial charge is 0.187 e. The molecule has 0 aliphatic rings. The lowest BCUT2D eigenvalue weighted by atomic mass is 10.2. The van der Waals surface area contributed by atoms with E-state index in [1.54, 1.807) is 16.6 Å². The number of hydrogen-bond acceptors (Lipinski definition) is 4. The fraction of sp³-hybridized carbons (Fsp3) is 0.100. The third-order valence-electron chi connectivity index (χ3n) is 2.31. The Morgan fingerprint density at radius 1 is 1.24 bits per heavy atom. The summed E-state index contributed by atoms with van der Waals surface area (Å²) in [6.45, 7) is 1.85. The molecule has 2 heterocycles. The van der Waals surface area contributed by atoms with Gasteiger partial charge in [0.15, 0.2) is 5.82 Å². The van der Waals surface area contributed by atoms with Crippen LogP contribution in [0.25, 0.3) is 15.5 Å². The second kappa shape index (κ2) is 3.94. The van der Waals surface area contributed by atoms with Crippen molar-refractivity contribution in [1.29, 1.82) is 0 Å². The van der Waals surface area contributed by atoms with Crippen molar-refractivity contribution in [3.63, 3.8) is 0 Å². The Labute approximate surface area is 111 Å². The van der Waals surface area contributed by atoms with Gasteiger partial charge in [0.2, 0.25) is 4.96 Å². The highest BCUT2D eigenvalue weighted by Gasteiger charge is 2.12. The normalized spacial score (nSPS) is 11.2. The number of hydrogen-bond donors (Lipinski definition) is 0. The van der Waals surface area contributed by atoms with Crippen molar-refractivity contribution >= 4 is 39.5 Å². The minimum Gasteiger partial charge on any atom is -0.187 e. The van der Waals surface area contributed by atoms with Crippen molar-refractivity contribution in [2.45, 2.75) is 6.92 Å². The quantitative estimate of drug-likeness (QED) is 0.687. The van der Waals surface area contributed by atoms with E-state index in [1.807, 2.05) is 13.0 Å². The van der Waals surface area contributed by atoms with E-state index in [9.17, 15) is 0 Å². The predicted molar refractivity (Wildman–Crippen MR) is 68.9 cm³/mol. The van der Waals surface area contributed by atoms with Crippen LogP contribution in [0.3, 0.4) is 0 Å². The van der Waals surface area contributed by atoms with Crippen LogP contribution in [-0.2, 0) is 0 Å². The molecule has 0 fully saturated rings. The van der Waals surface area contributed by atoms with E-state index in [4.69, 9.17) is 23.2 Å². The average molecular weight is 285 g/mol. The van der Waals surface area contributed by atoms with Crippen LogP contribution in [0, 0.1) is 6.92 Å². The number of halogens is 2. The number of benzene rings is 1. The summed E-state index contributed by atoms with van der Waals surface area (Å²) in [5.74, 6) is 0.757. The van der Waals surface area contributed by atoms with Crippen LogP contribution in [0.15, 0.2) is 18.2 Å². The molecule has 86 valence electrons. The zero-order valence-corrected chi connectivity index (χ0v) is 11.0. The van der Waals surface area contributed by atoms with E-state index < -0.39 is 0 Å². The van der Waals surface area contributed by atoms with Crippen LogP contribution in [0.2, 0.25) is 10.0 Å². The molecule has 2 aromatic heterocycles. The second-order valence-electron chi connectivity index (χ2n) is 3.47. The maximum atomic E-state index is 6.14. The molecule has 0 atom stereocenters. The Balaban J connectivity index is 2.20. The Hall–Kier alpha value is -1.17. The van der Waals surface area contributed by atoms with Gasteiger partial charge in [0, 0.05) is 10.6 Å². The summed E-state index contributed by atoms with van der Waals surface area (Å²) in [7, 11) is 0. The van der Waals surface area contributed by atoms with Crippen molar-refractivity contribution in [3.8, 4) is 10.6 Å². The molecule has 1 aromatic carbocycles. The van der Waals surface area contributed by atoms with Gasteiger partial charge in [0.05, 0.1) is 5.02 Å². The summed E-state index contributed by atoms with van der Waals surface area (Å²) < 4.78 is 1.70. The fourth-order valence-corrected chi connectivity index (χ4v) is 2.96. The summed E-state index contributed by atoms with van der Waals surface area (Å²) in [6.07, 6.45) is 0. The van der Waals surface area contributed by atoms with E-state index >= 15 is 0 Å². The monoisotopic (exact) mass is 284 g/mol. The highest BCUT2D eigenvalue weighted by Crippen LogP contribution is 2.32. The SMILES string of the molecule is Cc1nnc2sc(-c3ccc(Cl)cc3Cl)nn12. The number of aromatic nitrogens is 4. The topological polar surface area (TPSA) is 43.1 Å². The van der Waals surface area contributed by atoms with E-state index in [-0.39, 0.29) is 0 Å². The lowest BCUT2D eigenvalue weighted by Gasteiger charge is -1.99. The Morgan fingerprint density at radius 3 is 2.76 bits per heavy atom. The molecular formula is C10H6Cl2N4S. The van der Waals surface area contributed by atoms with Crippen molar-refractivity contribution in [2.75, 3.05) is 0 Å². The Kier molecular flexibility index (Phi) is 2.54. The van der Waals surface area contributed by atoms with Crippen LogP contribution in [0.4, 0.5) is 0 Å². The first-order valence-corrected chi connectivity index (χ1v) is 6.36. The summed E-state index contributed by atoms with van der Waals surface area (Å²) >= 11 is 13.4. The molecule has 0 spiro atoms. The molecule has 7 heteroatoms. The highest BCUT2D eigenvalue weighted by molar-refractivity contribution is 7.19. The maximum absolute atomic E-state index is 6.14. The molecule has 3 aromatic rings. The molecule has 0 N–H and O–H groups in total. The first kappa shape index (κ1) is 11.0. The lowest BCUT2D eigenvalue weighted by Crippen LogP contribution is -1.88. The first-order chi connectivity index (χ1) is 8.15. The van der Waals surface area contributed by atoms with Gasteiger partial charge < -0.3 is 0 Å². The maximum Gasteiger partial charge on any atom is 0.234 e. The lowest BCUT2D eigenvalue weighted by molar-refractivity contribution is 0.898. The van der Waals surface area contributed by atoms with Crippen molar-refractivity contribution in [2.24, 2.45) is 0 Å². The largest absolute Gasteiger partial charge is 0.234 e. The predicted octanol–water partition coefficient (Wildman–Crippen LogP) is 3.47. The van der Waals surface area contributed by atoms with Gasteiger partial charge in [-0.05, 0) is 25.1 Å². The standard InChI is InChI=1S/C10H6Cl2N4S/c1-5-13-14-10-16(5)15-9(17-10)7-3-2-6(11)4-8(7)12/h2-4H,1H3. The zero-order valence-electron chi connectivity index (χ0n) is 8.69. The summed E-state index contributed by atoms with van der Waals surface area (Å²) in [4.78, 5) is 0.753. The average Bonchev–Trinajstić information content (AvgIpc) is 2.81. The van der Waals surface area contributed by atoms with Crippen LogP contribution >= 0.6 is 34.5 Å². The molecule has 0 bridgehead atoms. The number of aryl methyl sites for hydroxylation is 1. The molecule has 0 unspecified atom stereocenters. The van der Waals surface area contributed by atoms with E-state index in [2.05, 4.69) is 15.3 Å². The first-order valence-electron chi connectivity index (χ1n) is 4.79. The van der Waals surface area contributed by atoms with Gasteiger partial charge in [0.25, 0.3) is 0 Å². The van der Waals surface area contributed by atoms with Crippen molar-refractivity contribution in [1.82, 2.24) is 19.8 Å². The van der Waals surface area contributed by atoms with Gasteiger partial charge in [-0.15, -0.1) is 10.2 Å². The van der Waals surface area contributed by atoms with Gasteiger partial charge in [0.1, 0.15) is 5.01 Å². The molecule has 0 saturated carbocycles. The van der Waals surface area contributed by atoms with Gasteiger partial charge in [-0.2, -0.15) is 9.61 Å². The van der Waals surface area contributed by atoms with Gasteiger partial charge in [-0.3, -0.25) is 0 Å². The molecular weight excluding hydrogens is 279 g/mol. The summed E-state index contributed by atoms with van der Waals surface area (Å²) in [5.41, 5.74) is 0.853. The molecule has 0 aliphatic heterocycles. The minimum atomic E-state index is 0.583. The van der Waals surface area contributed by atoms with Crippen LogP contribution < -0.4 is 0 Å². The number of rotatable bonds is 1. The van der Waals surface area contributed by atoms with Crippen molar-refractivity contribution in [3.05, 3.63) is 34.1 Å². The highest BCUT2D eigenvalue weighted by atomic mass is 35.5. The van der Waals surface area contributed by atoms with Crippen LogP contribution in [0.1, 0.15) is 5.82 Å². The third kappa shape index (κ3) is 1.80. The molecule has 17 heavy (non-hydrogen) atoms. The fourth-order valence-electron chi connectivity index (χ4n) is 1.49. The van der Waals surface area contributed by atoms with Gasteiger partial charge in [-0.1, -0.05) is 34.5 Å². The van der Waals surface area contributed by atoms with E-state index in [0.29, 0.717) is 10.0 Å². The molecule has 0 amide bonds. The molecule has 4 nitrogen and oxygen atoms in total. The Bertz CT molecular complexity index is 703.